The van der Waals surface area contributed by atoms with Crippen molar-refractivity contribution in [2.75, 3.05) is 38.3 Å². The molecule has 0 unspecified atom stereocenters. The number of carbonyl (C=O) groups excluding carboxylic acids is 1. The largest absolute Gasteiger partial charge is 0.378 e. The molecule has 0 spiro atoms. The van der Waals surface area contributed by atoms with Gasteiger partial charge in [-0.3, -0.25) is 4.79 Å². The van der Waals surface area contributed by atoms with Gasteiger partial charge in [-0.1, -0.05) is 42.0 Å². The SMILES string of the molecule is Cc1ccc(-c2nc(C(=O)N(C)Cc3ccc(N4CCOCC4)cc3)cs2)cc1. The number of nitrogens with zero attached hydrogens (tertiary/aromatic N) is 3. The maximum Gasteiger partial charge on any atom is 0.273 e. The summed E-state index contributed by atoms with van der Waals surface area (Å²) in [7, 11) is 1.82. The maximum atomic E-state index is 12.8. The van der Waals surface area contributed by atoms with Crippen molar-refractivity contribution in [1.82, 2.24) is 9.88 Å². The van der Waals surface area contributed by atoms with Crippen LogP contribution < -0.4 is 4.90 Å². The lowest BCUT2D eigenvalue weighted by molar-refractivity contribution is 0.0780. The van der Waals surface area contributed by atoms with Crippen LogP contribution in [0, 0.1) is 6.92 Å². The van der Waals surface area contributed by atoms with Crippen LogP contribution in [0.3, 0.4) is 0 Å². The Morgan fingerprint density at radius 2 is 1.79 bits per heavy atom. The van der Waals surface area contributed by atoms with Gasteiger partial charge >= 0.3 is 0 Å². The first-order valence-corrected chi connectivity index (χ1v) is 10.7. The van der Waals surface area contributed by atoms with Crippen molar-refractivity contribution < 1.29 is 9.53 Å². The lowest BCUT2D eigenvalue weighted by Gasteiger charge is -2.29. The van der Waals surface area contributed by atoms with Crippen molar-refractivity contribution in [1.29, 1.82) is 0 Å². The van der Waals surface area contributed by atoms with Gasteiger partial charge < -0.3 is 14.5 Å². The molecule has 0 radical (unpaired) electrons. The third-order valence-corrected chi connectivity index (χ3v) is 5.99. The molecule has 0 N–H and O–H groups in total. The molecule has 150 valence electrons. The minimum Gasteiger partial charge on any atom is -0.378 e. The molecule has 1 aromatic heterocycles. The number of benzene rings is 2. The Kier molecular flexibility index (Phi) is 5.92. The van der Waals surface area contributed by atoms with Crippen molar-refractivity contribution in [3.8, 4) is 10.6 Å². The number of hydrogen-bond acceptors (Lipinski definition) is 5. The van der Waals surface area contributed by atoms with Gasteiger partial charge in [-0.2, -0.15) is 0 Å². The molecule has 4 rings (SSSR count). The summed E-state index contributed by atoms with van der Waals surface area (Å²) in [5.74, 6) is -0.0585. The third kappa shape index (κ3) is 4.66. The average Bonchev–Trinajstić information content (AvgIpc) is 3.25. The van der Waals surface area contributed by atoms with E-state index in [9.17, 15) is 4.79 Å². The third-order valence-electron chi connectivity index (χ3n) is 5.10. The summed E-state index contributed by atoms with van der Waals surface area (Å²) < 4.78 is 5.41. The first-order chi connectivity index (χ1) is 14.1. The molecule has 0 bridgehead atoms. The Labute approximate surface area is 175 Å². The summed E-state index contributed by atoms with van der Waals surface area (Å²) in [6.45, 7) is 6.01. The van der Waals surface area contributed by atoms with Gasteiger partial charge in [-0.25, -0.2) is 4.98 Å². The van der Waals surface area contributed by atoms with E-state index in [4.69, 9.17) is 4.74 Å². The summed E-state index contributed by atoms with van der Waals surface area (Å²) >= 11 is 1.50. The zero-order valence-corrected chi connectivity index (χ0v) is 17.6. The van der Waals surface area contributed by atoms with E-state index >= 15 is 0 Å². The van der Waals surface area contributed by atoms with Crippen molar-refractivity contribution in [3.05, 3.63) is 70.7 Å². The molecule has 6 heteroatoms. The van der Waals surface area contributed by atoms with Crippen LogP contribution in [0.25, 0.3) is 10.6 Å². The number of rotatable bonds is 5. The second-order valence-electron chi connectivity index (χ2n) is 7.33. The van der Waals surface area contributed by atoms with E-state index in [1.54, 1.807) is 4.90 Å². The fraction of sp³-hybridized carbons (Fsp3) is 0.304. The smallest absolute Gasteiger partial charge is 0.273 e. The molecule has 0 saturated carbocycles. The van der Waals surface area contributed by atoms with Gasteiger partial charge in [0, 0.05) is 43.3 Å². The molecule has 29 heavy (non-hydrogen) atoms. The van der Waals surface area contributed by atoms with E-state index in [0.29, 0.717) is 12.2 Å². The van der Waals surface area contributed by atoms with Crippen LogP contribution >= 0.6 is 11.3 Å². The highest BCUT2D eigenvalue weighted by atomic mass is 32.1. The first kappa shape index (κ1) is 19.6. The van der Waals surface area contributed by atoms with Crippen LogP contribution in [0.1, 0.15) is 21.6 Å². The maximum absolute atomic E-state index is 12.8. The molecular weight excluding hydrogens is 382 g/mol. The van der Waals surface area contributed by atoms with Gasteiger partial charge in [0.25, 0.3) is 5.91 Å². The Bertz CT molecular complexity index is 961. The number of amides is 1. The lowest BCUT2D eigenvalue weighted by Crippen LogP contribution is -2.36. The molecule has 2 aromatic carbocycles. The first-order valence-electron chi connectivity index (χ1n) is 9.80. The fourth-order valence-corrected chi connectivity index (χ4v) is 4.18. The minimum atomic E-state index is -0.0585. The highest BCUT2D eigenvalue weighted by molar-refractivity contribution is 7.13. The van der Waals surface area contributed by atoms with Gasteiger partial charge in [0.2, 0.25) is 0 Å². The predicted molar refractivity (Wildman–Crippen MR) is 118 cm³/mol. The molecule has 1 aliphatic heterocycles. The zero-order valence-electron chi connectivity index (χ0n) is 16.8. The second kappa shape index (κ2) is 8.76. The van der Waals surface area contributed by atoms with Crippen molar-refractivity contribution in [3.63, 3.8) is 0 Å². The Balaban J connectivity index is 1.40. The van der Waals surface area contributed by atoms with E-state index in [1.165, 1.54) is 22.6 Å². The number of morpholine rings is 1. The highest BCUT2D eigenvalue weighted by Gasteiger charge is 2.17. The summed E-state index contributed by atoms with van der Waals surface area (Å²) in [5, 5.41) is 2.71. The number of aryl methyl sites for hydroxylation is 1. The molecule has 1 aliphatic rings. The standard InChI is InChI=1S/C23H25N3O2S/c1-17-3-7-19(8-4-17)22-24-21(16-29-22)23(27)25(2)15-18-5-9-20(10-6-18)26-11-13-28-14-12-26/h3-10,16H,11-15H2,1-2H3. The van der Waals surface area contributed by atoms with Crippen LogP contribution in [0.15, 0.2) is 53.9 Å². The van der Waals surface area contributed by atoms with Crippen LogP contribution in [-0.2, 0) is 11.3 Å². The van der Waals surface area contributed by atoms with Crippen molar-refractivity contribution in [2.24, 2.45) is 0 Å². The summed E-state index contributed by atoms with van der Waals surface area (Å²) in [6, 6.07) is 16.6. The van der Waals surface area contributed by atoms with Gasteiger partial charge in [0.15, 0.2) is 0 Å². The summed E-state index contributed by atoms with van der Waals surface area (Å²) in [4.78, 5) is 21.4. The van der Waals surface area contributed by atoms with Gasteiger partial charge in [0.1, 0.15) is 10.7 Å². The number of ether oxygens (including phenoxy) is 1. The van der Waals surface area contributed by atoms with Crippen LogP contribution in [0.5, 0.6) is 0 Å². The summed E-state index contributed by atoms with van der Waals surface area (Å²) in [5.41, 5.74) is 5.06. The number of anilines is 1. The molecule has 1 fully saturated rings. The van der Waals surface area contributed by atoms with Gasteiger partial charge in [-0.05, 0) is 24.6 Å². The van der Waals surface area contributed by atoms with Crippen LogP contribution in [0.4, 0.5) is 5.69 Å². The van der Waals surface area contributed by atoms with Crippen LogP contribution in [-0.4, -0.2) is 49.1 Å². The molecule has 2 heterocycles. The highest BCUT2D eigenvalue weighted by Crippen LogP contribution is 2.25. The Morgan fingerprint density at radius 1 is 1.10 bits per heavy atom. The van der Waals surface area contributed by atoms with E-state index < -0.39 is 0 Å². The molecule has 1 saturated heterocycles. The number of aromatic nitrogens is 1. The number of thiazole rings is 1. The molecule has 0 aliphatic carbocycles. The Hall–Kier alpha value is -2.70. The summed E-state index contributed by atoms with van der Waals surface area (Å²) in [6.07, 6.45) is 0. The van der Waals surface area contributed by atoms with E-state index in [0.717, 1.165) is 42.4 Å². The normalized spacial score (nSPS) is 14.1. The van der Waals surface area contributed by atoms with Crippen LogP contribution in [0.2, 0.25) is 0 Å². The molecular formula is C23H25N3O2S. The fourth-order valence-electron chi connectivity index (χ4n) is 3.38. The Morgan fingerprint density at radius 3 is 2.48 bits per heavy atom. The minimum absolute atomic E-state index is 0.0585. The van der Waals surface area contributed by atoms with Gasteiger partial charge in [0.05, 0.1) is 13.2 Å². The average molecular weight is 408 g/mol. The monoisotopic (exact) mass is 407 g/mol. The quantitative estimate of drug-likeness (QED) is 0.635. The second-order valence-corrected chi connectivity index (χ2v) is 8.19. The molecule has 0 atom stereocenters. The van der Waals surface area contributed by atoms with Crippen molar-refractivity contribution in [2.45, 2.75) is 13.5 Å². The van der Waals surface area contributed by atoms with Crippen molar-refractivity contribution >= 4 is 22.9 Å². The van der Waals surface area contributed by atoms with E-state index in [-0.39, 0.29) is 5.91 Å². The topological polar surface area (TPSA) is 45.7 Å². The lowest BCUT2D eigenvalue weighted by atomic mass is 10.1. The molecule has 3 aromatic rings. The predicted octanol–water partition coefficient (Wildman–Crippen LogP) is 4.23. The molecule has 5 nitrogen and oxygen atoms in total. The van der Waals surface area contributed by atoms with E-state index in [2.05, 4.69) is 53.2 Å². The van der Waals surface area contributed by atoms with Gasteiger partial charge in [-0.15, -0.1) is 11.3 Å². The molecule has 1 amide bonds. The zero-order chi connectivity index (χ0) is 20.2. The number of carbonyl (C=O) groups is 1. The van der Waals surface area contributed by atoms with E-state index in [1.807, 2.05) is 24.6 Å². The number of hydrogen-bond donors (Lipinski definition) is 0.